The van der Waals surface area contributed by atoms with Crippen molar-refractivity contribution in [1.82, 2.24) is 24.9 Å². The maximum absolute atomic E-state index is 6.23. The third kappa shape index (κ3) is 5.41. The van der Waals surface area contributed by atoms with Gasteiger partial charge in [-0.3, -0.25) is 0 Å². The lowest BCUT2D eigenvalue weighted by atomic mass is 10.0. The quantitative estimate of drug-likeness (QED) is 0.182. The minimum absolute atomic E-state index is 0.573. The van der Waals surface area contributed by atoms with Crippen LogP contribution in [0, 0.1) is 0 Å². The van der Waals surface area contributed by atoms with Crippen molar-refractivity contribution in [2.75, 3.05) is 0 Å². The van der Waals surface area contributed by atoms with E-state index in [2.05, 4.69) is 54.6 Å². The van der Waals surface area contributed by atoms with Crippen LogP contribution in [-0.4, -0.2) is 24.9 Å². The Labute approximate surface area is 282 Å². The SMILES string of the molecule is c1ccc(-c2nc(-c3ccccc3)nc(-c3cccc(-c4ccc(-c5nc(-c6ccccc6)c6c(n5)oc5ccccc56)cc4)c3)n2)cc1. The minimum Gasteiger partial charge on any atom is -0.438 e. The monoisotopic (exact) mass is 629 g/mol. The van der Waals surface area contributed by atoms with Gasteiger partial charge in [0, 0.05) is 33.2 Å². The van der Waals surface area contributed by atoms with Crippen LogP contribution in [-0.2, 0) is 0 Å². The molecular formula is C43H27N5O. The van der Waals surface area contributed by atoms with Gasteiger partial charge in [0.1, 0.15) is 5.58 Å². The molecule has 0 unspecified atom stereocenters. The van der Waals surface area contributed by atoms with Crippen molar-refractivity contribution in [2.24, 2.45) is 0 Å². The highest BCUT2D eigenvalue weighted by Gasteiger charge is 2.18. The Morgan fingerprint density at radius 1 is 0.327 bits per heavy atom. The second kappa shape index (κ2) is 12.1. The molecule has 49 heavy (non-hydrogen) atoms. The van der Waals surface area contributed by atoms with E-state index in [9.17, 15) is 0 Å². The van der Waals surface area contributed by atoms with Crippen molar-refractivity contribution in [1.29, 1.82) is 0 Å². The van der Waals surface area contributed by atoms with Crippen molar-refractivity contribution in [3.63, 3.8) is 0 Å². The number of para-hydroxylation sites is 1. The maximum Gasteiger partial charge on any atom is 0.231 e. The molecule has 9 rings (SSSR count). The van der Waals surface area contributed by atoms with E-state index in [0.29, 0.717) is 29.0 Å². The van der Waals surface area contributed by atoms with E-state index < -0.39 is 0 Å². The standard InChI is InChI=1S/C43H27N5O/c1-4-13-29(14-5-1)38-37-35-21-10-11-22-36(35)49-43(37)48-39(44-38)32-25-23-28(24-26-32)33-19-12-20-34(27-33)42-46-40(30-15-6-2-7-16-30)45-41(47-42)31-17-8-3-9-18-31/h1-27H. The third-order valence-corrected chi connectivity index (χ3v) is 8.58. The van der Waals surface area contributed by atoms with Gasteiger partial charge in [-0.15, -0.1) is 0 Å². The van der Waals surface area contributed by atoms with Crippen LogP contribution in [0.2, 0.25) is 0 Å². The molecule has 0 saturated carbocycles. The zero-order valence-corrected chi connectivity index (χ0v) is 26.2. The average molecular weight is 630 g/mol. The molecular weight excluding hydrogens is 603 g/mol. The molecule has 9 aromatic rings. The molecule has 0 fully saturated rings. The van der Waals surface area contributed by atoms with Gasteiger partial charge < -0.3 is 4.42 Å². The van der Waals surface area contributed by atoms with Crippen molar-refractivity contribution in [3.05, 3.63) is 164 Å². The summed E-state index contributed by atoms with van der Waals surface area (Å²) >= 11 is 0. The van der Waals surface area contributed by atoms with E-state index in [1.165, 1.54) is 0 Å². The van der Waals surface area contributed by atoms with Gasteiger partial charge in [0.2, 0.25) is 5.71 Å². The summed E-state index contributed by atoms with van der Waals surface area (Å²) in [6.07, 6.45) is 0. The molecule has 0 aliphatic carbocycles. The summed E-state index contributed by atoms with van der Waals surface area (Å²) in [7, 11) is 0. The van der Waals surface area contributed by atoms with Crippen LogP contribution in [0.3, 0.4) is 0 Å². The molecule has 0 radical (unpaired) electrons. The van der Waals surface area contributed by atoms with Crippen molar-refractivity contribution in [2.45, 2.75) is 0 Å². The topological polar surface area (TPSA) is 77.6 Å². The van der Waals surface area contributed by atoms with Gasteiger partial charge in [-0.2, -0.15) is 4.98 Å². The summed E-state index contributed by atoms with van der Waals surface area (Å²) in [5, 5.41) is 1.92. The van der Waals surface area contributed by atoms with Crippen LogP contribution >= 0.6 is 0 Å². The first kappa shape index (κ1) is 28.4. The van der Waals surface area contributed by atoms with E-state index in [1.807, 2.05) is 109 Å². The third-order valence-electron chi connectivity index (χ3n) is 8.58. The summed E-state index contributed by atoms with van der Waals surface area (Å²) < 4.78 is 6.23. The Kier molecular flexibility index (Phi) is 7.02. The highest BCUT2D eigenvalue weighted by molar-refractivity contribution is 6.10. The van der Waals surface area contributed by atoms with Crippen molar-refractivity contribution >= 4 is 22.1 Å². The fourth-order valence-corrected chi connectivity index (χ4v) is 6.14. The number of benzene rings is 6. The van der Waals surface area contributed by atoms with Gasteiger partial charge >= 0.3 is 0 Å². The van der Waals surface area contributed by atoms with Crippen LogP contribution in [0.15, 0.2) is 168 Å². The molecule has 6 aromatic carbocycles. The van der Waals surface area contributed by atoms with E-state index in [0.717, 1.165) is 61.0 Å². The summed E-state index contributed by atoms with van der Waals surface area (Å²) in [6.45, 7) is 0. The van der Waals surface area contributed by atoms with E-state index in [-0.39, 0.29) is 0 Å². The Hall–Kier alpha value is -6.79. The van der Waals surface area contributed by atoms with Gasteiger partial charge in [0.25, 0.3) is 0 Å². The Balaban J connectivity index is 1.10. The molecule has 0 N–H and O–H groups in total. The van der Waals surface area contributed by atoms with Gasteiger partial charge in [-0.05, 0) is 23.3 Å². The predicted molar refractivity (Wildman–Crippen MR) is 195 cm³/mol. The average Bonchev–Trinajstić information content (AvgIpc) is 3.57. The fraction of sp³-hybridized carbons (Fsp3) is 0. The van der Waals surface area contributed by atoms with Gasteiger partial charge in [0.15, 0.2) is 23.3 Å². The molecule has 0 spiro atoms. The van der Waals surface area contributed by atoms with Gasteiger partial charge in [-0.25, -0.2) is 19.9 Å². The van der Waals surface area contributed by atoms with E-state index in [4.69, 9.17) is 29.3 Å². The first-order chi connectivity index (χ1) is 24.3. The lowest BCUT2D eigenvalue weighted by Gasteiger charge is -2.10. The van der Waals surface area contributed by atoms with Crippen LogP contribution < -0.4 is 0 Å². The molecule has 3 aromatic heterocycles. The maximum atomic E-state index is 6.23. The number of aromatic nitrogens is 5. The first-order valence-corrected chi connectivity index (χ1v) is 16.1. The van der Waals surface area contributed by atoms with Gasteiger partial charge in [-0.1, -0.05) is 152 Å². The summed E-state index contributed by atoms with van der Waals surface area (Å²) in [5.41, 5.74) is 9.02. The molecule has 6 heteroatoms. The van der Waals surface area contributed by atoms with E-state index >= 15 is 0 Å². The van der Waals surface area contributed by atoms with Crippen LogP contribution in [0.4, 0.5) is 0 Å². The second-order valence-corrected chi connectivity index (χ2v) is 11.7. The number of nitrogens with zero attached hydrogens (tertiary/aromatic N) is 5. The minimum atomic E-state index is 0.573. The highest BCUT2D eigenvalue weighted by Crippen LogP contribution is 2.36. The summed E-state index contributed by atoms with van der Waals surface area (Å²) in [6, 6.07) is 54.9. The Bertz CT molecular complexity index is 2530. The van der Waals surface area contributed by atoms with E-state index in [1.54, 1.807) is 0 Å². The lowest BCUT2D eigenvalue weighted by molar-refractivity contribution is 0.653. The summed E-state index contributed by atoms with van der Waals surface area (Å²) in [4.78, 5) is 24.6. The zero-order valence-electron chi connectivity index (χ0n) is 26.2. The molecule has 0 aliphatic heterocycles. The molecule has 0 atom stereocenters. The first-order valence-electron chi connectivity index (χ1n) is 16.1. The Morgan fingerprint density at radius 2 is 0.796 bits per heavy atom. The summed E-state index contributed by atoms with van der Waals surface area (Å²) in [5.74, 6) is 2.50. The lowest BCUT2D eigenvalue weighted by Crippen LogP contribution is -2.00. The molecule has 0 amide bonds. The number of hydrogen-bond acceptors (Lipinski definition) is 6. The Morgan fingerprint density at radius 3 is 1.45 bits per heavy atom. The molecule has 0 bridgehead atoms. The molecule has 0 aliphatic rings. The molecule has 0 saturated heterocycles. The molecule has 6 nitrogen and oxygen atoms in total. The van der Waals surface area contributed by atoms with Crippen molar-refractivity contribution < 1.29 is 4.42 Å². The predicted octanol–water partition coefficient (Wildman–Crippen LogP) is 10.6. The highest BCUT2D eigenvalue weighted by atomic mass is 16.3. The fourth-order valence-electron chi connectivity index (χ4n) is 6.14. The van der Waals surface area contributed by atoms with Gasteiger partial charge in [0.05, 0.1) is 11.1 Å². The number of rotatable bonds is 6. The van der Waals surface area contributed by atoms with Crippen molar-refractivity contribution in [3.8, 4) is 67.9 Å². The number of furan rings is 1. The van der Waals surface area contributed by atoms with Crippen LogP contribution in [0.5, 0.6) is 0 Å². The molecule has 230 valence electrons. The van der Waals surface area contributed by atoms with Crippen LogP contribution in [0.25, 0.3) is 90.0 Å². The number of hydrogen-bond donors (Lipinski definition) is 0. The smallest absolute Gasteiger partial charge is 0.231 e. The largest absolute Gasteiger partial charge is 0.438 e. The normalized spacial score (nSPS) is 11.3. The zero-order chi connectivity index (χ0) is 32.6. The van der Waals surface area contributed by atoms with Crippen LogP contribution in [0.1, 0.15) is 0 Å². The number of fused-ring (bicyclic) bond motifs is 3. The second-order valence-electron chi connectivity index (χ2n) is 11.7. The molecule has 3 heterocycles.